The minimum absolute atomic E-state index is 0.0279. The number of carbonyl (C=O) groups excluding carboxylic acids is 2. The number of hydrogen-bond donors (Lipinski definition) is 1. The number of hydrogen-bond acceptors (Lipinski definition) is 3. The molecule has 1 N–H and O–H groups in total. The lowest BCUT2D eigenvalue weighted by molar-refractivity contribution is -0.148. The normalized spacial score (nSPS) is 12.1. The summed E-state index contributed by atoms with van der Waals surface area (Å²) in [6, 6.07) is 16.7. The summed E-state index contributed by atoms with van der Waals surface area (Å²) in [4.78, 5) is 24.9. The number of ether oxygens (including phenoxy) is 1. The van der Waals surface area contributed by atoms with Crippen LogP contribution in [0.3, 0.4) is 0 Å². The average Bonchev–Trinajstić information content (AvgIpc) is 3.09. The molecule has 1 unspecified atom stereocenters. The van der Waals surface area contributed by atoms with Crippen LogP contribution < -0.4 is 5.32 Å². The fourth-order valence-electron chi connectivity index (χ4n) is 3.30. The van der Waals surface area contributed by atoms with E-state index >= 15 is 0 Å². The highest BCUT2D eigenvalue weighted by Crippen LogP contribution is 2.26. The van der Waals surface area contributed by atoms with Crippen LogP contribution in [0.4, 0.5) is 0 Å². The van der Waals surface area contributed by atoms with Gasteiger partial charge in [-0.15, -0.1) is 0 Å². The minimum Gasteiger partial charge on any atom is -0.463 e. The van der Waals surface area contributed by atoms with E-state index in [0.29, 0.717) is 23.6 Å². The lowest BCUT2D eigenvalue weighted by atomic mass is 10.0. The predicted octanol–water partition coefficient (Wildman–Crippen LogP) is 4.88. The maximum atomic E-state index is 12.7. The molecule has 0 aliphatic heterocycles. The Morgan fingerprint density at radius 2 is 1.79 bits per heavy atom. The number of para-hydroxylation sites is 1. The third-order valence-electron chi connectivity index (χ3n) is 4.61. The van der Waals surface area contributed by atoms with Gasteiger partial charge in [-0.1, -0.05) is 48.0 Å². The zero-order valence-electron chi connectivity index (χ0n) is 16.6. The van der Waals surface area contributed by atoms with Crippen molar-refractivity contribution in [1.29, 1.82) is 0 Å². The second-order valence-corrected chi connectivity index (χ2v) is 7.61. The van der Waals surface area contributed by atoms with Crippen molar-refractivity contribution in [3.05, 3.63) is 71.4 Å². The number of nitrogens with one attached hydrogen (secondary N) is 1. The minimum atomic E-state index is -0.538. The van der Waals surface area contributed by atoms with Crippen LogP contribution >= 0.6 is 11.6 Å². The van der Waals surface area contributed by atoms with Crippen molar-refractivity contribution in [1.82, 2.24) is 9.88 Å². The number of aromatic nitrogens is 1. The van der Waals surface area contributed by atoms with Gasteiger partial charge in [0.05, 0.1) is 18.6 Å². The summed E-state index contributed by atoms with van der Waals surface area (Å²) in [7, 11) is 0. The van der Waals surface area contributed by atoms with Gasteiger partial charge in [-0.25, -0.2) is 0 Å². The van der Waals surface area contributed by atoms with Gasteiger partial charge >= 0.3 is 5.97 Å². The molecule has 0 radical (unpaired) electrons. The Kier molecular flexibility index (Phi) is 6.94. The lowest BCUT2D eigenvalue weighted by Gasteiger charge is -2.20. The van der Waals surface area contributed by atoms with Gasteiger partial charge in [0.15, 0.2) is 0 Å². The number of fused-ring (bicyclic) bond motifs is 1. The molecule has 0 spiro atoms. The van der Waals surface area contributed by atoms with Crippen LogP contribution in [-0.4, -0.2) is 22.5 Å². The maximum Gasteiger partial charge on any atom is 0.308 e. The van der Waals surface area contributed by atoms with Crippen molar-refractivity contribution in [2.24, 2.45) is 0 Å². The summed E-state index contributed by atoms with van der Waals surface area (Å²) < 4.78 is 7.30. The van der Waals surface area contributed by atoms with E-state index < -0.39 is 6.04 Å². The maximum absolute atomic E-state index is 12.7. The molecule has 3 aromatic rings. The zero-order chi connectivity index (χ0) is 20.8. The second-order valence-electron chi connectivity index (χ2n) is 7.20. The topological polar surface area (TPSA) is 60.3 Å². The summed E-state index contributed by atoms with van der Waals surface area (Å²) in [5.41, 5.74) is 1.79. The smallest absolute Gasteiger partial charge is 0.308 e. The van der Waals surface area contributed by atoms with Gasteiger partial charge in [0.1, 0.15) is 0 Å². The van der Waals surface area contributed by atoms with Crippen LogP contribution in [0.5, 0.6) is 0 Å². The molecule has 29 heavy (non-hydrogen) atoms. The Labute approximate surface area is 175 Å². The van der Waals surface area contributed by atoms with Crippen molar-refractivity contribution in [3.8, 4) is 0 Å². The second kappa shape index (κ2) is 9.61. The average molecular weight is 413 g/mol. The monoisotopic (exact) mass is 412 g/mol. The Morgan fingerprint density at radius 3 is 2.55 bits per heavy atom. The van der Waals surface area contributed by atoms with E-state index in [-0.39, 0.29) is 24.4 Å². The molecule has 0 aliphatic rings. The number of halogens is 1. The van der Waals surface area contributed by atoms with Gasteiger partial charge in [-0.05, 0) is 43.0 Å². The quantitative estimate of drug-likeness (QED) is 0.536. The van der Waals surface area contributed by atoms with Crippen molar-refractivity contribution >= 4 is 34.4 Å². The van der Waals surface area contributed by atoms with Crippen LogP contribution in [0.15, 0.2) is 60.8 Å². The van der Waals surface area contributed by atoms with Crippen LogP contribution in [0, 0.1) is 0 Å². The fourth-order valence-corrected chi connectivity index (χ4v) is 3.57. The molecular weight excluding hydrogens is 388 g/mol. The Morgan fingerprint density at radius 1 is 1.07 bits per heavy atom. The van der Waals surface area contributed by atoms with Crippen LogP contribution in [-0.2, 0) is 20.9 Å². The number of amides is 1. The van der Waals surface area contributed by atoms with E-state index in [2.05, 4.69) is 5.32 Å². The van der Waals surface area contributed by atoms with Crippen LogP contribution in [0.25, 0.3) is 10.9 Å². The largest absolute Gasteiger partial charge is 0.463 e. The first-order valence-electron chi connectivity index (χ1n) is 9.71. The summed E-state index contributed by atoms with van der Waals surface area (Å²) in [6.07, 6.45) is 2.08. The first kappa shape index (κ1) is 20.9. The molecule has 1 atom stereocenters. The SMILES string of the molecule is CC(C)OC(=O)CC(NC(=O)CCn1ccc2ccccc21)c1ccccc1Cl. The summed E-state index contributed by atoms with van der Waals surface area (Å²) in [5.74, 6) is -0.522. The van der Waals surface area contributed by atoms with Gasteiger partial charge in [0.2, 0.25) is 5.91 Å². The number of carbonyl (C=O) groups is 2. The predicted molar refractivity (Wildman–Crippen MR) is 115 cm³/mol. The first-order chi connectivity index (χ1) is 13.9. The number of esters is 1. The standard InChI is InChI=1S/C23H25ClN2O3/c1-16(2)29-23(28)15-20(18-8-4-5-9-19(18)24)25-22(27)12-14-26-13-11-17-7-3-6-10-21(17)26/h3-11,13,16,20H,12,14-15H2,1-2H3,(H,25,27). The molecule has 0 aliphatic carbocycles. The highest BCUT2D eigenvalue weighted by molar-refractivity contribution is 6.31. The first-order valence-corrected chi connectivity index (χ1v) is 10.1. The van der Waals surface area contributed by atoms with Crippen molar-refractivity contribution in [3.63, 3.8) is 0 Å². The number of rotatable bonds is 8. The molecule has 152 valence electrons. The zero-order valence-corrected chi connectivity index (χ0v) is 17.4. The van der Waals surface area contributed by atoms with E-state index in [1.807, 2.05) is 59.3 Å². The molecule has 0 saturated carbocycles. The lowest BCUT2D eigenvalue weighted by Crippen LogP contribution is -2.31. The molecular formula is C23H25ClN2O3. The van der Waals surface area contributed by atoms with E-state index in [9.17, 15) is 9.59 Å². The summed E-state index contributed by atoms with van der Waals surface area (Å²) in [6.45, 7) is 4.13. The van der Waals surface area contributed by atoms with E-state index in [4.69, 9.17) is 16.3 Å². The Hall–Kier alpha value is -2.79. The number of nitrogens with zero attached hydrogens (tertiary/aromatic N) is 1. The van der Waals surface area contributed by atoms with Crippen LogP contribution in [0.2, 0.25) is 5.02 Å². The van der Waals surface area contributed by atoms with Crippen molar-refractivity contribution in [2.75, 3.05) is 0 Å². The van der Waals surface area contributed by atoms with E-state index in [1.165, 1.54) is 0 Å². The van der Waals surface area contributed by atoms with Gasteiger partial charge in [0.25, 0.3) is 0 Å². The van der Waals surface area contributed by atoms with E-state index in [1.54, 1.807) is 19.9 Å². The molecule has 2 aromatic carbocycles. The summed E-state index contributed by atoms with van der Waals surface area (Å²) in [5, 5.41) is 4.59. The molecule has 6 heteroatoms. The molecule has 0 bridgehead atoms. The van der Waals surface area contributed by atoms with Gasteiger partial charge in [0, 0.05) is 29.7 Å². The third-order valence-corrected chi connectivity index (χ3v) is 4.96. The molecule has 5 nitrogen and oxygen atoms in total. The molecule has 0 fully saturated rings. The Balaban J connectivity index is 1.68. The number of aryl methyl sites for hydroxylation is 1. The fraction of sp³-hybridized carbons (Fsp3) is 0.304. The highest BCUT2D eigenvalue weighted by Gasteiger charge is 2.22. The van der Waals surface area contributed by atoms with Gasteiger partial charge in [-0.2, -0.15) is 0 Å². The molecule has 1 heterocycles. The summed E-state index contributed by atoms with van der Waals surface area (Å²) >= 11 is 6.31. The third kappa shape index (κ3) is 5.61. The number of benzene rings is 2. The van der Waals surface area contributed by atoms with Crippen molar-refractivity contribution < 1.29 is 14.3 Å². The molecule has 1 amide bonds. The van der Waals surface area contributed by atoms with Crippen molar-refractivity contribution in [2.45, 2.75) is 45.4 Å². The van der Waals surface area contributed by atoms with Gasteiger partial charge in [-0.3, -0.25) is 9.59 Å². The van der Waals surface area contributed by atoms with Gasteiger partial charge < -0.3 is 14.6 Å². The van der Waals surface area contributed by atoms with Crippen LogP contribution in [0.1, 0.15) is 38.3 Å². The Bertz CT molecular complexity index is 996. The van der Waals surface area contributed by atoms with E-state index in [0.717, 1.165) is 10.9 Å². The molecule has 0 saturated heterocycles. The highest BCUT2D eigenvalue weighted by atomic mass is 35.5. The molecule has 1 aromatic heterocycles. The molecule has 3 rings (SSSR count).